The third kappa shape index (κ3) is 5.19. The summed E-state index contributed by atoms with van der Waals surface area (Å²) >= 11 is 0. The minimum atomic E-state index is -1.49. The van der Waals surface area contributed by atoms with E-state index in [2.05, 4.69) is 4.74 Å². The molecule has 1 heterocycles. The molecule has 1 aliphatic rings. The molecule has 2 atom stereocenters. The number of fused-ring (bicyclic) bond motifs is 1. The average Bonchev–Trinajstić information content (AvgIpc) is 2.75. The van der Waals surface area contributed by atoms with E-state index in [1.54, 1.807) is 6.07 Å². The van der Waals surface area contributed by atoms with Crippen LogP contribution in [0.3, 0.4) is 0 Å². The monoisotopic (exact) mass is 458 g/mol. The van der Waals surface area contributed by atoms with Crippen LogP contribution in [0, 0.1) is 12.7 Å². The Balaban J connectivity index is 2.23. The van der Waals surface area contributed by atoms with Gasteiger partial charge >= 0.3 is 5.97 Å². The summed E-state index contributed by atoms with van der Waals surface area (Å²) in [6, 6.07) is 6.11. The highest BCUT2D eigenvalue weighted by Gasteiger charge is 2.40. The summed E-state index contributed by atoms with van der Waals surface area (Å²) in [5, 5.41) is 0. The first kappa shape index (κ1) is 24.7. The van der Waals surface area contributed by atoms with E-state index in [9.17, 15) is 9.18 Å². The molecule has 5 nitrogen and oxygen atoms in total. The molecule has 33 heavy (non-hydrogen) atoms. The van der Waals surface area contributed by atoms with Crippen LogP contribution in [0.5, 0.6) is 5.75 Å². The lowest BCUT2D eigenvalue weighted by atomic mass is 9.81. The van der Waals surface area contributed by atoms with Crippen LogP contribution in [0.1, 0.15) is 54.6 Å². The number of carbonyl (C=O) groups excluding carboxylic acids is 1. The molecule has 178 valence electrons. The number of hydrogen-bond acceptors (Lipinski definition) is 5. The third-order valence-corrected chi connectivity index (χ3v) is 6.15. The Kier molecular flexibility index (Phi) is 7.12. The first-order chi connectivity index (χ1) is 15.5. The molecule has 0 aliphatic carbocycles. The molecule has 0 saturated heterocycles. The SMILES string of the molecule is COC(=O)/C=C/c1cc(F)c([C@@H]2c3ccc(N)c(C)c3C[C@@H](C)N2CC(C)(C)F)c(OC)c1. The standard InChI is InChI=1S/C26H32F2N2O3/c1-15-11-19-16(2)21(29)9-8-18(19)25(30(15)14-26(3,4)28)24-20(27)12-17(13-22(24)32-5)7-10-23(31)33-6/h7-10,12-13,15,25H,11,14,29H2,1-6H3/b10-7+/t15-,25+/m1/s1. The topological polar surface area (TPSA) is 64.8 Å². The molecule has 0 saturated carbocycles. The Morgan fingerprint density at radius 1 is 1.30 bits per heavy atom. The number of nitrogen functional groups attached to an aromatic ring is 1. The summed E-state index contributed by atoms with van der Waals surface area (Å²) in [7, 11) is 2.74. The second-order valence-electron chi connectivity index (χ2n) is 9.17. The van der Waals surface area contributed by atoms with Gasteiger partial charge in [0.25, 0.3) is 0 Å². The fourth-order valence-corrected chi connectivity index (χ4v) is 4.55. The lowest BCUT2D eigenvalue weighted by Crippen LogP contribution is -2.48. The minimum Gasteiger partial charge on any atom is -0.496 e. The molecule has 0 radical (unpaired) electrons. The van der Waals surface area contributed by atoms with Crippen LogP contribution in [0.4, 0.5) is 14.5 Å². The number of carbonyl (C=O) groups is 1. The molecule has 7 heteroatoms. The van der Waals surface area contributed by atoms with E-state index < -0.39 is 23.5 Å². The first-order valence-electron chi connectivity index (χ1n) is 10.9. The normalized spacial score (nSPS) is 18.9. The van der Waals surface area contributed by atoms with Crippen molar-refractivity contribution >= 4 is 17.7 Å². The number of halogens is 2. The van der Waals surface area contributed by atoms with Gasteiger partial charge in [-0.15, -0.1) is 0 Å². The van der Waals surface area contributed by atoms with E-state index in [0.29, 0.717) is 29.0 Å². The van der Waals surface area contributed by atoms with Gasteiger partial charge in [-0.25, -0.2) is 13.6 Å². The second kappa shape index (κ2) is 9.51. The number of methoxy groups -OCH3 is 2. The number of nitrogens with zero attached hydrogens (tertiary/aromatic N) is 1. The van der Waals surface area contributed by atoms with E-state index in [1.807, 2.05) is 30.9 Å². The van der Waals surface area contributed by atoms with Crippen molar-refractivity contribution in [1.29, 1.82) is 0 Å². The maximum Gasteiger partial charge on any atom is 0.330 e. The number of alkyl halides is 1. The van der Waals surface area contributed by atoms with Crippen molar-refractivity contribution in [2.24, 2.45) is 0 Å². The van der Waals surface area contributed by atoms with E-state index in [-0.39, 0.29) is 12.6 Å². The summed E-state index contributed by atoms with van der Waals surface area (Å²) in [5.41, 5.74) is 9.04. The highest BCUT2D eigenvalue weighted by atomic mass is 19.1. The molecule has 0 bridgehead atoms. The van der Waals surface area contributed by atoms with Gasteiger partial charge in [-0.2, -0.15) is 0 Å². The van der Waals surface area contributed by atoms with Gasteiger partial charge in [-0.1, -0.05) is 6.07 Å². The number of ether oxygens (including phenoxy) is 2. The highest BCUT2D eigenvalue weighted by Crippen LogP contribution is 2.45. The molecule has 0 unspecified atom stereocenters. The van der Waals surface area contributed by atoms with Crippen molar-refractivity contribution in [3.63, 3.8) is 0 Å². The van der Waals surface area contributed by atoms with E-state index in [1.165, 1.54) is 46.3 Å². The molecule has 3 rings (SSSR count). The Labute approximate surface area is 194 Å². The van der Waals surface area contributed by atoms with Gasteiger partial charge in [0, 0.05) is 24.4 Å². The molecular weight excluding hydrogens is 426 g/mol. The van der Waals surface area contributed by atoms with Gasteiger partial charge in [0.15, 0.2) is 0 Å². The van der Waals surface area contributed by atoms with E-state index >= 15 is 4.39 Å². The molecule has 2 aromatic carbocycles. The zero-order valence-electron chi connectivity index (χ0n) is 20.0. The van der Waals surface area contributed by atoms with Crippen LogP contribution < -0.4 is 10.5 Å². The Bertz CT molecular complexity index is 1080. The zero-order chi connectivity index (χ0) is 24.5. The molecule has 2 aromatic rings. The van der Waals surface area contributed by atoms with Crippen LogP contribution in [-0.4, -0.2) is 43.3 Å². The van der Waals surface area contributed by atoms with Gasteiger partial charge in [-0.3, -0.25) is 4.90 Å². The average molecular weight is 459 g/mol. The smallest absolute Gasteiger partial charge is 0.330 e. The van der Waals surface area contributed by atoms with Gasteiger partial charge < -0.3 is 15.2 Å². The minimum absolute atomic E-state index is 0.0546. The molecule has 2 N–H and O–H groups in total. The van der Waals surface area contributed by atoms with Crippen molar-refractivity contribution in [2.45, 2.75) is 51.9 Å². The van der Waals surface area contributed by atoms with Crippen LogP contribution >= 0.6 is 0 Å². The van der Waals surface area contributed by atoms with Crippen molar-refractivity contribution < 1.29 is 23.0 Å². The fourth-order valence-electron chi connectivity index (χ4n) is 4.55. The number of rotatable bonds is 6. The summed E-state index contributed by atoms with van der Waals surface area (Å²) in [5.74, 6) is -0.723. The van der Waals surface area contributed by atoms with Gasteiger partial charge in [0.1, 0.15) is 17.2 Å². The quantitative estimate of drug-likeness (QED) is 0.375. The maximum atomic E-state index is 15.7. The van der Waals surface area contributed by atoms with Gasteiger partial charge in [0.2, 0.25) is 0 Å². The summed E-state index contributed by atoms with van der Waals surface area (Å²) < 4.78 is 40.8. The lowest BCUT2D eigenvalue weighted by molar-refractivity contribution is -0.134. The van der Waals surface area contributed by atoms with Crippen molar-refractivity contribution in [2.75, 3.05) is 26.5 Å². The van der Waals surface area contributed by atoms with Crippen LogP contribution in [0.25, 0.3) is 6.08 Å². The fraction of sp³-hybridized carbons (Fsp3) is 0.423. The summed E-state index contributed by atoms with van der Waals surface area (Å²) in [6.45, 7) is 7.14. The lowest BCUT2D eigenvalue weighted by Gasteiger charge is -2.45. The van der Waals surface area contributed by atoms with Crippen LogP contribution in [0.2, 0.25) is 0 Å². The molecule has 0 spiro atoms. The predicted molar refractivity (Wildman–Crippen MR) is 126 cm³/mol. The molecule has 1 aliphatic heterocycles. The zero-order valence-corrected chi connectivity index (χ0v) is 20.0. The summed E-state index contributed by atoms with van der Waals surface area (Å²) in [4.78, 5) is 13.4. The largest absolute Gasteiger partial charge is 0.496 e. The number of esters is 1. The van der Waals surface area contributed by atoms with Crippen LogP contribution in [0.15, 0.2) is 30.3 Å². The van der Waals surface area contributed by atoms with E-state index in [4.69, 9.17) is 10.5 Å². The maximum absolute atomic E-state index is 15.7. The number of nitrogens with two attached hydrogens (primary N) is 1. The number of anilines is 1. The predicted octanol–water partition coefficient (Wildman–Crippen LogP) is 5.00. The second-order valence-corrected chi connectivity index (χ2v) is 9.17. The molecular formula is C26H32F2N2O3. The summed E-state index contributed by atoms with van der Waals surface area (Å²) in [6.07, 6.45) is 3.37. The van der Waals surface area contributed by atoms with Gasteiger partial charge in [0.05, 0.1) is 25.8 Å². The van der Waals surface area contributed by atoms with Crippen molar-refractivity contribution in [1.82, 2.24) is 4.90 Å². The van der Waals surface area contributed by atoms with E-state index in [0.717, 1.165) is 16.7 Å². The molecule has 0 fully saturated rings. The highest BCUT2D eigenvalue weighted by molar-refractivity contribution is 5.87. The third-order valence-electron chi connectivity index (χ3n) is 6.15. The Hall–Kier alpha value is -2.93. The Morgan fingerprint density at radius 2 is 2.00 bits per heavy atom. The molecule has 0 aromatic heterocycles. The van der Waals surface area contributed by atoms with Gasteiger partial charge in [-0.05, 0) is 80.6 Å². The van der Waals surface area contributed by atoms with Crippen molar-refractivity contribution in [3.05, 3.63) is 64.0 Å². The first-order valence-corrected chi connectivity index (χ1v) is 10.9. The number of hydrogen-bond donors (Lipinski definition) is 1. The molecule has 0 amide bonds. The number of benzene rings is 2. The van der Waals surface area contributed by atoms with Crippen LogP contribution in [-0.2, 0) is 16.0 Å². The Morgan fingerprint density at radius 3 is 2.61 bits per heavy atom. The van der Waals surface area contributed by atoms with Crippen molar-refractivity contribution in [3.8, 4) is 5.75 Å².